The molecule has 4 heteroatoms. The molecule has 2 heterocycles. The lowest BCUT2D eigenvalue weighted by molar-refractivity contribution is -0.148. The first-order chi connectivity index (χ1) is 9.22. The normalized spacial score (nSPS) is 27.3. The molecule has 0 radical (unpaired) electrons. The summed E-state index contributed by atoms with van der Waals surface area (Å²) in [6.07, 6.45) is 5.35. The lowest BCUT2D eigenvalue weighted by Crippen LogP contribution is -2.52. The molecule has 0 saturated carbocycles. The second-order valence-electron chi connectivity index (χ2n) is 5.85. The van der Waals surface area contributed by atoms with Crippen LogP contribution in [0.25, 0.3) is 0 Å². The van der Waals surface area contributed by atoms with E-state index >= 15 is 0 Å². The van der Waals surface area contributed by atoms with E-state index in [4.69, 9.17) is 4.74 Å². The number of rotatable bonds is 4. The maximum absolute atomic E-state index is 12.9. The molecule has 2 saturated heterocycles. The second-order valence-corrected chi connectivity index (χ2v) is 5.85. The topological polar surface area (TPSA) is 41.6 Å². The van der Waals surface area contributed by atoms with Gasteiger partial charge in [-0.2, -0.15) is 0 Å². The van der Waals surface area contributed by atoms with E-state index < -0.39 is 0 Å². The highest BCUT2D eigenvalue weighted by Crippen LogP contribution is 2.35. The molecule has 0 aliphatic carbocycles. The molecule has 2 aliphatic rings. The molecular weight excluding hydrogens is 240 g/mol. The zero-order valence-electron chi connectivity index (χ0n) is 12.4. The Morgan fingerprint density at radius 3 is 2.74 bits per heavy atom. The van der Waals surface area contributed by atoms with Gasteiger partial charge >= 0.3 is 0 Å². The number of nitrogens with one attached hydrogen (secondary N) is 1. The van der Waals surface area contributed by atoms with Gasteiger partial charge in [0.25, 0.3) is 0 Å². The van der Waals surface area contributed by atoms with Crippen LogP contribution in [0.5, 0.6) is 0 Å². The standard InChI is InChI=1S/C15H28N2O2/c1-3-15(7-9-16-10-8-15)14(18)17-11-5-6-13(12-17)19-4-2/h13,16H,3-12H2,1-2H3. The highest BCUT2D eigenvalue weighted by molar-refractivity contribution is 5.83. The Hall–Kier alpha value is -0.610. The van der Waals surface area contributed by atoms with Gasteiger partial charge in [0.1, 0.15) is 0 Å². The molecule has 19 heavy (non-hydrogen) atoms. The van der Waals surface area contributed by atoms with Crippen molar-refractivity contribution in [2.24, 2.45) is 5.41 Å². The van der Waals surface area contributed by atoms with Gasteiger partial charge in [0.15, 0.2) is 0 Å². The van der Waals surface area contributed by atoms with Crippen LogP contribution in [-0.4, -0.2) is 49.7 Å². The lowest BCUT2D eigenvalue weighted by atomic mass is 9.75. The highest BCUT2D eigenvalue weighted by atomic mass is 16.5. The Balaban J connectivity index is 2.00. The predicted octanol–water partition coefficient (Wildman–Crippen LogP) is 1.79. The molecule has 2 fully saturated rings. The number of carbonyl (C=O) groups excluding carboxylic acids is 1. The van der Waals surface area contributed by atoms with Crippen LogP contribution in [0, 0.1) is 5.41 Å². The number of amides is 1. The van der Waals surface area contributed by atoms with Gasteiger partial charge in [-0.05, 0) is 52.1 Å². The van der Waals surface area contributed by atoms with Crippen LogP contribution in [-0.2, 0) is 9.53 Å². The van der Waals surface area contributed by atoms with Gasteiger partial charge in [0.2, 0.25) is 5.91 Å². The number of hydrogen-bond donors (Lipinski definition) is 1. The quantitative estimate of drug-likeness (QED) is 0.845. The van der Waals surface area contributed by atoms with Crippen molar-refractivity contribution < 1.29 is 9.53 Å². The molecule has 0 bridgehead atoms. The average Bonchev–Trinajstić information content (AvgIpc) is 2.48. The van der Waals surface area contributed by atoms with Gasteiger partial charge in [-0.15, -0.1) is 0 Å². The molecular formula is C15H28N2O2. The summed E-state index contributed by atoms with van der Waals surface area (Å²) in [5, 5.41) is 3.37. The molecule has 2 rings (SSSR count). The Labute approximate surface area is 116 Å². The number of hydrogen-bond acceptors (Lipinski definition) is 3. The maximum atomic E-state index is 12.9. The van der Waals surface area contributed by atoms with Crippen molar-refractivity contribution in [3.63, 3.8) is 0 Å². The SMILES string of the molecule is CCOC1CCCN(C(=O)C2(CC)CCNCC2)C1. The Morgan fingerprint density at radius 2 is 2.11 bits per heavy atom. The molecule has 1 amide bonds. The predicted molar refractivity (Wildman–Crippen MR) is 76.1 cm³/mol. The molecule has 1 N–H and O–H groups in total. The molecule has 0 aromatic carbocycles. The van der Waals surface area contributed by atoms with Gasteiger partial charge in [-0.3, -0.25) is 4.79 Å². The average molecular weight is 268 g/mol. The number of nitrogens with zero attached hydrogens (tertiary/aromatic N) is 1. The molecule has 2 aliphatic heterocycles. The summed E-state index contributed by atoms with van der Waals surface area (Å²) in [7, 11) is 0. The van der Waals surface area contributed by atoms with E-state index in [0.29, 0.717) is 5.91 Å². The molecule has 0 spiro atoms. The van der Waals surface area contributed by atoms with Crippen molar-refractivity contribution in [1.29, 1.82) is 0 Å². The largest absolute Gasteiger partial charge is 0.377 e. The van der Waals surface area contributed by atoms with Crippen molar-refractivity contribution >= 4 is 5.91 Å². The first kappa shape index (κ1) is 14.8. The van der Waals surface area contributed by atoms with Crippen LogP contribution in [0.2, 0.25) is 0 Å². The first-order valence-electron chi connectivity index (χ1n) is 7.83. The van der Waals surface area contributed by atoms with E-state index in [9.17, 15) is 4.79 Å². The Bertz CT molecular complexity index is 299. The molecule has 1 unspecified atom stereocenters. The van der Waals surface area contributed by atoms with E-state index in [-0.39, 0.29) is 11.5 Å². The third kappa shape index (κ3) is 3.29. The second kappa shape index (κ2) is 6.71. The number of likely N-dealkylation sites (tertiary alicyclic amines) is 1. The monoisotopic (exact) mass is 268 g/mol. The zero-order chi connectivity index (χ0) is 13.7. The van der Waals surface area contributed by atoms with E-state index in [2.05, 4.69) is 17.1 Å². The van der Waals surface area contributed by atoms with E-state index in [0.717, 1.165) is 64.9 Å². The molecule has 4 nitrogen and oxygen atoms in total. The Kier molecular flexibility index (Phi) is 5.22. The molecule has 1 atom stereocenters. The summed E-state index contributed by atoms with van der Waals surface area (Å²) in [5.74, 6) is 0.376. The van der Waals surface area contributed by atoms with E-state index in [1.807, 2.05) is 6.92 Å². The molecule has 110 valence electrons. The Morgan fingerprint density at radius 1 is 1.37 bits per heavy atom. The summed E-state index contributed by atoms with van der Waals surface area (Å²) >= 11 is 0. The minimum atomic E-state index is -0.112. The first-order valence-corrected chi connectivity index (χ1v) is 7.83. The zero-order valence-corrected chi connectivity index (χ0v) is 12.4. The van der Waals surface area contributed by atoms with Crippen molar-refractivity contribution in [3.05, 3.63) is 0 Å². The van der Waals surface area contributed by atoms with Gasteiger partial charge < -0.3 is 15.0 Å². The summed E-state index contributed by atoms with van der Waals surface area (Å²) < 4.78 is 5.71. The minimum Gasteiger partial charge on any atom is -0.377 e. The van der Waals surface area contributed by atoms with Gasteiger partial charge in [0.05, 0.1) is 11.5 Å². The highest BCUT2D eigenvalue weighted by Gasteiger charge is 2.41. The van der Waals surface area contributed by atoms with Gasteiger partial charge in [-0.1, -0.05) is 6.92 Å². The van der Waals surface area contributed by atoms with Crippen molar-refractivity contribution in [2.45, 2.75) is 52.1 Å². The van der Waals surface area contributed by atoms with Crippen molar-refractivity contribution in [1.82, 2.24) is 10.2 Å². The van der Waals surface area contributed by atoms with Crippen LogP contribution in [0.1, 0.15) is 46.0 Å². The smallest absolute Gasteiger partial charge is 0.228 e. The molecule has 0 aromatic rings. The van der Waals surface area contributed by atoms with E-state index in [1.165, 1.54) is 0 Å². The van der Waals surface area contributed by atoms with Crippen LogP contribution < -0.4 is 5.32 Å². The lowest BCUT2D eigenvalue weighted by Gasteiger charge is -2.42. The van der Waals surface area contributed by atoms with Crippen LogP contribution >= 0.6 is 0 Å². The van der Waals surface area contributed by atoms with Crippen molar-refractivity contribution in [3.8, 4) is 0 Å². The van der Waals surface area contributed by atoms with Gasteiger partial charge in [0, 0.05) is 19.7 Å². The fourth-order valence-corrected chi connectivity index (χ4v) is 3.45. The van der Waals surface area contributed by atoms with Gasteiger partial charge in [-0.25, -0.2) is 0 Å². The number of piperidine rings is 2. The van der Waals surface area contributed by atoms with Crippen LogP contribution in [0.3, 0.4) is 0 Å². The fourth-order valence-electron chi connectivity index (χ4n) is 3.45. The molecule has 0 aromatic heterocycles. The third-order valence-electron chi connectivity index (χ3n) is 4.76. The summed E-state index contributed by atoms with van der Waals surface area (Å²) in [4.78, 5) is 15.0. The van der Waals surface area contributed by atoms with Crippen molar-refractivity contribution in [2.75, 3.05) is 32.8 Å². The third-order valence-corrected chi connectivity index (χ3v) is 4.76. The van der Waals surface area contributed by atoms with Crippen LogP contribution in [0.4, 0.5) is 0 Å². The van der Waals surface area contributed by atoms with E-state index in [1.54, 1.807) is 0 Å². The summed E-state index contributed by atoms with van der Waals surface area (Å²) in [6, 6.07) is 0. The van der Waals surface area contributed by atoms with Crippen LogP contribution in [0.15, 0.2) is 0 Å². The minimum absolute atomic E-state index is 0.112. The number of ether oxygens (including phenoxy) is 1. The fraction of sp³-hybridized carbons (Fsp3) is 0.933. The number of carbonyl (C=O) groups is 1. The maximum Gasteiger partial charge on any atom is 0.228 e. The summed E-state index contributed by atoms with van der Waals surface area (Å²) in [5.41, 5.74) is -0.112. The summed E-state index contributed by atoms with van der Waals surface area (Å²) in [6.45, 7) is 8.59.